The zero-order valence-corrected chi connectivity index (χ0v) is 15.4. The van der Waals surface area contributed by atoms with Crippen LogP contribution in [0.4, 0.5) is 0 Å². The number of nitrogens with zero attached hydrogens (tertiary/aromatic N) is 3. The van der Waals surface area contributed by atoms with Gasteiger partial charge < -0.3 is 4.74 Å². The van der Waals surface area contributed by atoms with Crippen LogP contribution >= 0.6 is 22.9 Å². The van der Waals surface area contributed by atoms with Gasteiger partial charge in [0, 0.05) is 22.5 Å². The lowest BCUT2D eigenvalue weighted by molar-refractivity contribution is 0.417. The van der Waals surface area contributed by atoms with Crippen molar-refractivity contribution in [2.45, 2.75) is 13.5 Å². The summed E-state index contributed by atoms with van der Waals surface area (Å²) >= 11 is 7.71. The number of hydrogen-bond acceptors (Lipinski definition) is 4. The highest BCUT2D eigenvalue weighted by molar-refractivity contribution is 7.19. The number of halogens is 1. The molecule has 0 fully saturated rings. The van der Waals surface area contributed by atoms with Crippen LogP contribution in [0.3, 0.4) is 0 Å². The minimum absolute atomic E-state index is 0.742. The topological polar surface area (TPSA) is 39.9 Å². The number of rotatable bonds is 4. The molecule has 126 valence electrons. The van der Waals surface area contributed by atoms with Gasteiger partial charge in [0.05, 0.1) is 23.0 Å². The number of fused-ring (bicyclic) bond motifs is 1. The molecular weight excluding hydrogens is 354 g/mol. The molecule has 3 heterocycles. The Morgan fingerprint density at radius 3 is 2.60 bits per heavy atom. The van der Waals surface area contributed by atoms with Gasteiger partial charge in [0.15, 0.2) is 11.4 Å². The van der Waals surface area contributed by atoms with E-state index in [0.717, 1.165) is 49.4 Å². The SMILES string of the molecule is CCn1ncc2c(-c3ccc(Cl)s3)c(OC)c(-c3ccccc3)nc21. The average Bonchev–Trinajstić information content (AvgIpc) is 3.26. The first kappa shape index (κ1) is 16.1. The van der Waals surface area contributed by atoms with E-state index in [-0.39, 0.29) is 0 Å². The molecule has 1 aromatic carbocycles. The molecule has 25 heavy (non-hydrogen) atoms. The van der Waals surface area contributed by atoms with Crippen LogP contribution < -0.4 is 4.74 Å². The van der Waals surface area contributed by atoms with Crippen LogP contribution in [0.15, 0.2) is 48.7 Å². The molecule has 0 N–H and O–H groups in total. The first-order valence-corrected chi connectivity index (χ1v) is 9.17. The van der Waals surface area contributed by atoms with E-state index in [4.69, 9.17) is 21.3 Å². The van der Waals surface area contributed by atoms with E-state index in [1.807, 2.05) is 53.3 Å². The maximum atomic E-state index is 6.19. The zero-order chi connectivity index (χ0) is 17.4. The Bertz CT molecular complexity index is 1040. The fourth-order valence-corrected chi connectivity index (χ4v) is 4.08. The normalized spacial score (nSPS) is 11.2. The number of pyridine rings is 1. The molecule has 0 spiro atoms. The standard InChI is InChI=1S/C19H16ClN3OS/c1-3-23-19-13(11-21-23)16(14-9-10-15(20)25-14)18(24-2)17(22-19)12-7-5-4-6-8-12/h4-11H,3H2,1-2H3. The molecule has 0 atom stereocenters. The smallest absolute Gasteiger partial charge is 0.159 e. The molecular formula is C19H16ClN3OS. The molecule has 0 aliphatic rings. The summed E-state index contributed by atoms with van der Waals surface area (Å²) in [4.78, 5) is 5.93. The average molecular weight is 370 g/mol. The van der Waals surface area contributed by atoms with Crippen molar-refractivity contribution in [3.8, 4) is 27.4 Å². The summed E-state index contributed by atoms with van der Waals surface area (Å²) in [6, 6.07) is 14.0. The van der Waals surface area contributed by atoms with Crippen molar-refractivity contribution < 1.29 is 4.74 Å². The molecule has 0 unspecified atom stereocenters. The van der Waals surface area contributed by atoms with E-state index in [9.17, 15) is 0 Å². The minimum Gasteiger partial charge on any atom is -0.494 e. The maximum absolute atomic E-state index is 6.19. The Morgan fingerprint density at radius 1 is 1.16 bits per heavy atom. The number of methoxy groups -OCH3 is 1. The highest BCUT2D eigenvalue weighted by atomic mass is 35.5. The highest BCUT2D eigenvalue weighted by Gasteiger charge is 2.22. The van der Waals surface area contributed by atoms with Gasteiger partial charge in [-0.3, -0.25) is 0 Å². The third-order valence-corrected chi connectivity index (χ3v) is 5.36. The lowest BCUT2D eigenvalue weighted by atomic mass is 10.0. The molecule has 4 rings (SSSR count). The van der Waals surface area contributed by atoms with Crippen LogP contribution in [0.1, 0.15) is 6.92 Å². The Balaban J connectivity index is 2.12. The third-order valence-electron chi connectivity index (χ3n) is 4.11. The van der Waals surface area contributed by atoms with E-state index in [1.54, 1.807) is 7.11 Å². The maximum Gasteiger partial charge on any atom is 0.159 e. The van der Waals surface area contributed by atoms with E-state index in [1.165, 1.54) is 11.3 Å². The van der Waals surface area contributed by atoms with Crippen molar-refractivity contribution in [2.75, 3.05) is 7.11 Å². The highest BCUT2D eigenvalue weighted by Crippen LogP contribution is 2.45. The fraction of sp³-hybridized carbons (Fsp3) is 0.158. The molecule has 0 aliphatic carbocycles. The van der Waals surface area contributed by atoms with Crippen molar-refractivity contribution in [3.63, 3.8) is 0 Å². The van der Waals surface area contributed by atoms with Gasteiger partial charge in [-0.25, -0.2) is 9.67 Å². The van der Waals surface area contributed by atoms with E-state index < -0.39 is 0 Å². The molecule has 0 amide bonds. The summed E-state index contributed by atoms with van der Waals surface area (Å²) < 4.78 is 8.45. The summed E-state index contributed by atoms with van der Waals surface area (Å²) in [5.74, 6) is 0.743. The van der Waals surface area contributed by atoms with E-state index in [0.29, 0.717) is 0 Å². The number of aryl methyl sites for hydroxylation is 1. The minimum atomic E-state index is 0.742. The summed E-state index contributed by atoms with van der Waals surface area (Å²) in [5.41, 5.74) is 3.66. The van der Waals surface area contributed by atoms with Gasteiger partial charge in [0.25, 0.3) is 0 Å². The van der Waals surface area contributed by atoms with Gasteiger partial charge in [0.2, 0.25) is 0 Å². The number of thiophene rings is 1. The summed E-state index contributed by atoms with van der Waals surface area (Å²) in [5, 5.41) is 5.46. The molecule has 3 aromatic heterocycles. The number of hydrogen-bond donors (Lipinski definition) is 0. The van der Waals surface area contributed by atoms with Gasteiger partial charge in [-0.1, -0.05) is 41.9 Å². The molecule has 0 saturated heterocycles. The van der Waals surface area contributed by atoms with Crippen LogP contribution in [-0.2, 0) is 6.54 Å². The van der Waals surface area contributed by atoms with Crippen molar-refractivity contribution in [2.24, 2.45) is 0 Å². The monoisotopic (exact) mass is 369 g/mol. The Kier molecular flexibility index (Phi) is 4.19. The largest absolute Gasteiger partial charge is 0.494 e. The van der Waals surface area contributed by atoms with Crippen molar-refractivity contribution in [1.82, 2.24) is 14.8 Å². The van der Waals surface area contributed by atoms with Crippen molar-refractivity contribution >= 4 is 34.0 Å². The van der Waals surface area contributed by atoms with Gasteiger partial charge in [0.1, 0.15) is 5.69 Å². The summed E-state index contributed by atoms with van der Waals surface area (Å²) in [6.07, 6.45) is 1.85. The third kappa shape index (κ3) is 2.69. The summed E-state index contributed by atoms with van der Waals surface area (Å²) in [7, 11) is 1.68. The Morgan fingerprint density at radius 2 is 1.96 bits per heavy atom. The number of ether oxygens (including phenoxy) is 1. The number of benzene rings is 1. The van der Waals surface area contributed by atoms with Crippen LogP contribution in [0.25, 0.3) is 32.7 Å². The molecule has 0 saturated carbocycles. The molecule has 6 heteroatoms. The second kappa shape index (κ2) is 6.50. The lowest BCUT2D eigenvalue weighted by Gasteiger charge is -2.14. The van der Waals surface area contributed by atoms with Crippen molar-refractivity contribution in [3.05, 3.63) is 53.0 Å². The van der Waals surface area contributed by atoms with Crippen LogP contribution in [-0.4, -0.2) is 21.9 Å². The van der Waals surface area contributed by atoms with Crippen LogP contribution in [0.5, 0.6) is 5.75 Å². The fourth-order valence-electron chi connectivity index (χ4n) is 2.99. The second-order valence-electron chi connectivity index (χ2n) is 5.54. The van der Waals surface area contributed by atoms with E-state index in [2.05, 4.69) is 12.0 Å². The van der Waals surface area contributed by atoms with E-state index >= 15 is 0 Å². The molecule has 4 aromatic rings. The van der Waals surface area contributed by atoms with Gasteiger partial charge in [-0.2, -0.15) is 5.10 Å². The van der Waals surface area contributed by atoms with Crippen molar-refractivity contribution in [1.29, 1.82) is 0 Å². The van der Waals surface area contributed by atoms with Gasteiger partial charge in [-0.05, 0) is 19.1 Å². The Labute approximate surface area is 154 Å². The van der Waals surface area contributed by atoms with Gasteiger partial charge >= 0.3 is 0 Å². The summed E-state index contributed by atoms with van der Waals surface area (Å²) in [6.45, 7) is 2.81. The van der Waals surface area contributed by atoms with Gasteiger partial charge in [-0.15, -0.1) is 11.3 Å². The predicted molar refractivity (Wildman–Crippen MR) is 104 cm³/mol. The molecule has 0 bridgehead atoms. The van der Waals surface area contributed by atoms with Crippen LogP contribution in [0, 0.1) is 0 Å². The lowest BCUT2D eigenvalue weighted by Crippen LogP contribution is -2.01. The quantitative estimate of drug-likeness (QED) is 0.476. The molecule has 0 radical (unpaired) electrons. The molecule has 0 aliphatic heterocycles. The first-order valence-electron chi connectivity index (χ1n) is 7.97. The second-order valence-corrected chi connectivity index (χ2v) is 7.25. The first-order chi connectivity index (χ1) is 12.2. The zero-order valence-electron chi connectivity index (χ0n) is 13.9. The number of aromatic nitrogens is 3. The Hall–Kier alpha value is -2.37. The van der Waals surface area contributed by atoms with Crippen LogP contribution in [0.2, 0.25) is 4.34 Å². The predicted octanol–water partition coefficient (Wildman–Crippen LogP) is 5.51. The molecule has 4 nitrogen and oxygen atoms in total.